The van der Waals surface area contributed by atoms with Crippen LogP contribution in [0.25, 0.3) is 0 Å². The van der Waals surface area contributed by atoms with E-state index in [1.807, 2.05) is 0 Å². The Morgan fingerprint density at radius 3 is 0.789 bits per heavy atom. The summed E-state index contributed by atoms with van der Waals surface area (Å²) in [5.41, 5.74) is 0. The van der Waals surface area contributed by atoms with Crippen molar-refractivity contribution in [2.24, 2.45) is 0 Å². The second-order valence-electron chi connectivity index (χ2n) is 23.6. The highest BCUT2D eigenvalue weighted by Crippen LogP contribution is 2.19. The summed E-state index contributed by atoms with van der Waals surface area (Å²) in [4.78, 5) is 24.6. The lowest BCUT2D eigenvalue weighted by Crippen LogP contribution is -2.28. The molecule has 5 heteroatoms. The Kier molecular flexibility index (Phi) is 65.7. The fraction of sp³-hybridized carbons (Fsp3) is 0.887. The highest BCUT2D eigenvalue weighted by Gasteiger charge is 2.16. The van der Waals surface area contributed by atoms with Crippen LogP contribution >= 0.6 is 0 Å². The number of esters is 2. The highest BCUT2D eigenvalue weighted by atomic mass is 16.6. The minimum Gasteiger partial charge on any atom is -0.462 e. The van der Waals surface area contributed by atoms with Crippen molar-refractivity contribution in [2.45, 2.75) is 392 Å². The molecule has 0 aromatic carbocycles. The van der Waals surface area contributed by atoms with Crippen LogP contribution in [0, 0.1) is 0 Å². The van der Waals surface area contributed by atoms with Crippen LogP contribution in [-0.4, -0.2) is 36.4 Å². The number of hydrogen-bond acceptors (Lipinski definition) is 5. The summed E-state index contributed by atoms with van der Waals surface area (Å²) in [5.74, 6) is -0.569. The Morgan fingerprint density at radius 2 is 0.526 bits per heavy atom. The van der Waals surface area contributed by atoms with Gasteiger partial charge in [0.1, 0.15) is 6.61 Å². The van der Waals surface area contributed by atoms with E-state index in [1.54, 1.807) is 0 Å². The summed E-state index contributed by atoms with van der Waals surface area (Å²) < 4.78 is 10.8. The average molecular weight is 1070 g/mol. The van der Waals surface area contributed by atoms with Gasteiger partial charge in [-0.2, -0.15) is 0 Å². The van der Waals surface area contributed by atoms with Crippen LogP contribution in [-0.2, 0) is 19.1 Å². The van der Waals surface area contributed by atoms with Gasteiger partial charge in [0.05, 0.1) is 6.61 Å². The van der Waals surface area contributed by atoms with Crippen LogP contribution in [0.1, 0.15) is 386 Å². The van der Waals surface area contributed by atoms with Gasteiger partial charge in [-0.15, -0.1) is 0 Å². The zero-order chi connectivity index (χ0) is 54.8. The molecule has 0 radical (unpaired) electrons. The number of ether oxygens (including phenoxy) is 2. The number of unbranched alkanes of at least 4 members (excludes halogenated alkanes) is 51. The van der Waals surface area contributed by atoms with Gasteiger partial charge in [-0.1, -0.05) is 359 Å². The average Bonchev–Trinajstić information content (AvgIpc) is 3.42. The topological polar surface area (TPSA) is 72.8 Å². The summed E-state index contributed by atoms with van der Waals surface area (Å²) in [5, 5.41) is 9.70. The molecule has 0 bridgehead atoms. The number of aliphatic hydroxyl groups is 1. The summed E-state index contributed by atoms with van der Waals surface area (Å²) in [6, 6.07) is 0. The summed E-state index contributed by atoms with van der Waals surface area (Å²) in [6.07, 6.45) is 88.9. The molecule has 0 saturated heterocycles. The van der Waals surface area contributed by atoms with E-state index in [0.29, 0.717) is 12.8 Å². The van der Waals surface area contributed by atoms with Crippen molar-refractivity contribution in [1.29, 1.82) is 0 Å². The Labute approximate surface area is 476 Å². The van der Waals surface area contributed by atoms with Gasteiger partial charge >= 0.3 is 11.9 Å². The molecule has 0 aromatic rings. The molecule has 0 amide bonds. The van der Waals surface area contributed by atoms with Crippen molar-refractivity contribution >= 4 is 11.9 Å². The van der Waals surface area contributed by atoms with Crippen LogP contribution in [0.4, 0.5) is 0 Å². The molecule has 0 aliphatic heterocycles. The van der Waals surface area contributed by atoms with E-state index in [2.05, 4.69) is 50.3 Å². The molecule has 0 aliphatic rings. The summed E-state index contributed by atoms with van der Waals surface area (Å²) in [6.45, 7) is 4.19. The molecule has 76 heavy (non-hydrogen) atoms. The van der Waals surface area contributed by atoms with Crippen molar-refractivity contribution in [3.05, 3.63) is 36.5 Å². The largest absolute Gasteiger partial charge is 0.462 e. The third-order valence-corrected chi connectivity index (χ3v) is 15.9. The van der Waals surface area contributed by atoms with E-state index in [1.165, 1.54) is 315 Å². The van der Waals surface area contributed by atoms with Crippen molar-refractivity contribution in [3.63, 3.8) is 0 Å². The molecule has 0 rings (SSSR count). The highest BCUT2D eigenvalue weighted by molar-refractivity contribution is 5.70. The molecule has 1 N–H and O–H groups in total. The van der Waals surface area contributed by atoms with Gasteiger partial charge in [-0.3, -0.25) is 9.59 Å². The predicted molar refractivity (Wildman–Crippen MR) is 334 cm³/mol. The van der Waals surface area contributed by atoms with Crippen molar-refractivity contribution < 1.29 is 24.2 Å². The molecule has 0 aromatic heterocycles. The van der Waals surface area contributed by atoms with Gasteiger partial charge < -0.3 is 14.6 Å². The quantitative estimate of drug-likeness (QED) is 0.0373. The van der Waals surface area contributed by atoms with Crippen LogP contribution < -0.4 is 0 Å². The van der Waals surface area contributed by atoms with Gasteiger partial charge in [0, 0.05) is 12.8 Å². The normalized spacial score (nSPS) is 12.3. The zero-order valence-electron chi connectivity index (χ0n) is 51.5. The van der Waals surface area contributed by atoms with Gasteiger partial charge in [-0.05, 0) is 51.4 Å². The zero-order valence-corrected chi connectivity index (χ0v) is 51.5. The van der Waals surface area contributed by atoms with E-state index < -0.39 is 6.10 Å². The van der Waals surface area contributed by atoms with Crippen molar-refractivity contribution in [3.8, 4) is 0 Å². The maximum atomic E-state index is 12.4. The first-order chi connectivity index (χ1) is 37.6. The van der Waals surface area contributed by atoms with Gasteiger partial charge in [-0.25, -0.2) is 0 Å². The molecule has 0 spiro atoms. The third kappa shape index (κ3) is 64.6. The summed E-state index contributed by atoms with van der Waals surface area (Å²) >= 11 is 0. The second-order valence-corrected chi connectivity index (χ2v) is 23.6. The monoisotopic (exact) mass is 1070 g/mol. The molecule has 1 atom stereocenters. The molecular formula is C71H134O5. The van der Waals surface area contributed by atoms with Crippen LogP contribution in [0.5, 0.6) is 0 Å². The lowest BCUT2D eigenvalue weighted by molar-refractivity contribution is -0.161. The van der Waals surface area contributed by atoms with Crippen LogP contribution in [0.2, 0.25) is 0 Å². The molecule has 1 unspecified atom stereocenters. The third-order valence-electron chi connectivity index (χ3n) is 15.9. The Hall–Kier alpha value is -1.88. The lowest BCUT2D eigenvalue weighted by atomic mass is 10.0. The molecule has 0 fully saturated rings. The number of allylic oxidation sites excluding steroid dienone is 6. The molecule has 0 saturated carbocycles. The fourth-order valence-corrected chi connectivity index (χ4v) is 10.7. The first-order valence-electron chi connectivity index (χ1n) is 34.5. The number of rotatable bonds is 65. The molecule has 448 valence electrons. The van der Waals surface area contributed by atoms with E-state index in [-0.39, 0.29) is 25.2 Å². The smallest absolute Gasteiger partial charge is 0.306 e. The minimum absolute atomic E-state index is 0.0604. The lowest BCUT2D eigenvalue weighted by Gasteiger charge is -2.15. The Morgan fingerprint density at radius 1 is 0.303 bits per heavy atom. The van der Waals surface area contributed by atoms with E-state index in [0.717, 1.165) is 44.9 Å². The van der Waals surface area contributed by atoms with Gasteiger partial charge in [0.15, 0.2) is 6.10 Å². The number of carbonyl (C=O) groups excluding carboxylic acids is 2. The Bertz CT molecular complexity index is 1210. The Balaban J connectivity index is 3.39. The van der Waals surface area contributed by atoms with Gasteiger partial charge in [0.25, 0.3) is 0 Å². The maximum Gasteiger partial charge on any atom is 0.306 e. The van der Waals surface area contributed by atoms with E-state index in [4.69, 9.17) is 9.47 Å². The number of carbonyl (C=O) groups is 2. The van der Waals surface area contributed by atoms with E-state index >= 15 is 0 Å². The second kappa shape index (κ2) is 67.4. The molecular weight excluding hydrogens is 933 g/mol. The van der Waals surface area contributed by atoms with Crippen LogP contribution in [0.15, 0.2) is 36.5 Å². The number of aliphatic hydroxyl groups excluding tert-OH is 1. The minimum atomic E-state index is -0.771. The predicted octanol–water partition coefficient (Wildman–Crippen LogP) is 23.8. The van der Waals surface area contributed by atoms with Crippen molar-refractivity contribution in [1.82, 2.24) is 0 Å². The number of hydrogen-bond donors (Lipinski definition) is 1. The summed E-state index contributed by atoms with van der Waals surface area (Å²) in [7, 11) is 0. The standard InChI is InChI=1S/C71H134O5/c1-3-5-7-9-11-13-15-17-19-21-23-25-27-29-31-33-34-35-36-38-39-41-43-45-47-49-51-53-55-57-59-61-63-65-70(73)75-68-69(67-72)76-71(74)66-64-62-60-58-56-54-52-50-48-46-44-42-40-37-32-30-28-26-24-22-20-18-16-14-12-10-8-6-4-2/h16,18,22,24,28,30,69,72H,3-15,17,19-21,23,25-27,29,31-68H2,1-2H3/b18-16-,24-22-,30-28-. The first kappa shape index (κ1) is 74.1. The fourth-order valence-electron chi connectivity index (χ4n) is 10.7. The van der Waals surface area contributed by atoms with Crippen LogP contribution in [0.3, 0.4) is 0 Å². The molecule has 5 nitrogen and oxygen atoms in total. The molecule has 0 aliphatic carbocycles. The maximum absolute atomic E-state index is 12.4. The first-order valence-corrected chi connectivity index (χ1v) is 34.5. The molecule has 0 heterocycles. The SMILES string of the molecule is CCCCCCC/C=C\C/C=C\C/C=C\CCCCCCCCCCCCCCCCC(=O)OC(CO)COC(=O)CCCCCCCCCCCCCCCCCCCCCCCCCCCCCCCCCCC. The van der Waals surface area contributed by atoms with E-state index in [9.17, 15) is 14.7 Å². The van der Waals surface area contributed by atoms with Crippen molar-refractivity contribution in [2.75, 3.05) is 13.2 Å². The van der Waals surface area contributed by atoms with Gasteiger partial charge in [0.2, 0.25) is 0 Å².